The zero-order valence-corrected chi connectivity index (χ0v) is 10.4. The van der Waals surface area contributed by atoms with Gasteiger partial charge in [0.2, 0.25) is 0 Å². The van der Waals surface area contributed by atoms with Crippen molar-refractivity contribution in [3.8, 4) is 0 Å². The minimum absolute atomic E-state index is 0.00371. The molecule has 0 aliphatic carbocycles. The van der Waals surface area contributed by atoms with Crippen LogP contribution in [0.5, 0.6) is 0 Å². The molecule has 0 amide bonds. The Balaban J connectivity index is 2.48. The molecule has 0 aromatic heterocycles. The molecule has 1 atom stereocenters. The molecule has 0 fully saturated rings. The Kier molecular flexibility index (Phi) is 2.99. The second kappa shape index (κ2) is 4.06. The Morgan fingerprint density at radius 1 is 1.47 bits per heavy atom. The number of hydrogen-bond acceptors (Lipinski definition) is 3. The molecule has 0 spiro atoms. The summed E-state index contributed by atoms with van der Waals surface area (Å²) in [5.41, 5.74) is 0.279. The lowest BCUT2D eigenvalue weighted by molar-refractivity contribution is -0.138. The zero-order chi connectivity index (χ0) is 12.8. The van der Waals surface area contributed by atoms with E-state index in [2.05, 4.69) is 21.2 Å². The molecule has 0 saturated heterocycles. The molecule has 1 aliphatic heterocycles. The Bertz CT molecular complexity index is 450. The number of alkyl halides is 3. The first-order valence-electron chi connectivity index (χ1n) is 4.85. The normalized spacial score (nSPS) is 19.2. The second-order valence-corrected chi connectivity index (χ2v) is 4.65. The van der Waals surface area contributed by atoms with E-state index < -0.39 is 11.7 Å². The summed E-state index contributed by atoms with van der Waals surface area (Å²) in [4.78, 5) is 1.69. The molecule has 2 N–H and O–H groups in total. The number of aliphatic hydroxyl groups excluding tert-OH is 1. The highest BCUT2D eigenvalue weighted by atomic mass is 79.9. The molecule has 3 nitrogen and oxygen atoms in total. The molecule has 0 saturated carbocycles. The molecule has 94 valence electrons. The molecule has 1 aromatic rings. The fourth-order valence-corrected chi connectivity index (χ4v) is 2.36. The van der Waals surface area contributed by atoms with Gasteiger partial charge in [-0.25, -0.2) is 0 Å². The number of rotatable bonds is 1. The highest BCUT2D eigenvalue weighted by molar-refractivity contribution is 9.10. The van der Waals surface area contributed by atoms with E-state index in [1.165, 1.54) is 6.07 Å². The summed E-state index contributed by atoms with van der Waals surface area (Å²) in [7, 11) is 1.71. The van der Waals surface area contributed by atoms with Crippen LogP contribution in [0.15, 0.2) is 16.6 Å². The van der Waals surface area contributed by atoms with E-state index in [1.807, 2.05) is 0 Å². The summed E-state index contributed by atoms with van der Waals surface area (Å²) in [5, 5.41) is 11.9. The first-order chi connectivity index (χ1) is 7.84. The van der Waals surface area contributed by atoms with Gasteiger partial charge in [-0.3, -0.25) is 0 Å². The lowest BCUT2D eigenvalue weighted by atomic mass is 10.1. The molecule has 7 heteroatoms. The van der Waals surface area contributed by atoms with Crippen molar-refractivity contribution in [3.05, 3.63) is 22.2 Å². The van der Waals surface area contributed by atoms with Crippen LogP contribution in [0, 0.1) is 0 Å². The molecule has 0 radical (unpaired) electrons. The van der Waals surface area contributed by atoms with Crippen molar-refractivity contribution in [1.29, 1.82) is 0 Å². The molecular formula is C10H10BrF3N2O. The summed E-state index contributed by atoms with van der Waals surface area (Å²) >= 11 is 2.92. The van der Waals surface area contributed by atoms with Gasteiger partial charge in [0, 0.05) is 11.5 Å². The van der Waals surface area contributed by atoms with Crippen molar-refractivity contribution in [2.75, 3.05) is 23.9 Å². The molecule has 2 rings (SSSR count). The average Bonchev–Trinajstić information content (AvgIpc) is 2.53. The molecule has 1 aromatic carbocycles. The maximum absolute atomic E-state index is 12.7. The third kappa shape index (κ3) is 2.09. The maximum Gasteiger partial charge on any atom is 0.417 e. The van der Waals surface area contributed by atoms with Gasteiger partial charge in [-0.15, -0.1) is 0 Å². The number of nitrogens with zero attached hydrogens (tertiary/aromatic N) is 1. The van der Waals surface area contributed by atoms with Crippen molar-refractivity contribution in [2.24, 2.45) is 0 Å². The van der Waals surface area contributed by atoms with E-state index in [0.29, 0.717) is 11.4 Å². The van der Waals surface area contributed by atoms with Gasteiger partial charge >= 0.3 is 6.18 Å². The minimum atomic E-state index is -4.40. The van der Waals surface area contributed by atoms with Crippen molar-refractivity contribution >= 4 is 27.3 Å². The monoisotopic (exact) mass is 310 g/mol. The summed E-state index contributed by atoms with van der Waals surface area (Å²) in [6, 6.07) is 2.45. The summed E-state index contributed by atoms with van der Waals surface area (Å²) in [6.07, 6.45) is -4.79. The fraction of sp³-hybridized carbons (Fsp3) is 0.400. The third-order valence-electron chi connectivity index (χ3n) is 2.73. The van der Waals surface area contributed by atoms with Gasteiger partial charge < -0.3 is 15.3 Å². The Hall–Kier alpha value is -0.950. The molecule has 1 unspecified atom stereocenters. The zero-order valence-electron chi connectivity index (χ0n) is 8.85. The van der Waals surface area contributed by atoms with Gasteiger partial charge in [-0.1, -0.05) is 15.9 Å². The predicted octanol–water partition coefficient (Wildman–Crippen LogP) is 2.65. The topological polar surface area (TPSA) is 35.5 Å². The van der Waals surface area contributed by atoms with Crippen LogP contribution in [-0.2, 0) is 6.18 Å². The molecule has 0 bridgehead atoms. The van der Waals surface area contributed by atoms with Crippen LogP contribution in [0.2, 0.25) is 0 Å². The summed E-state index contributed by atoms with van der Waals surface area (Å²) in [6.45, 7) is -0.176. The first-order valence-corrected chi connectivity index (χ1v) is 5.65. The van der Waals surface area contributed by atoms with E-state index >= 15 is 0 Å². The average molecular weight is 311 g/mol. The van der Waals surface area contributed by atoms with Crippen LogP contribution in [0.25, 0.3) is 0 Å². The highest BCUT2D eigenvalue weighted by Crippen LogP contribution is 2.43. The number of nitrogens with one attached hydrogen (secondary N) is 1. The predicted molar refractivity (Wildman–Crippen MR) is 62.0 cm³/mol. The van der Waals surface area contributed by atoms with E-state index in [4.69, 9.17) is 5.11 Å². The number of benzene rings is 1. The number of fused-ring (bicyclic) bond motifs is 1. The van der Waals surface area contributed by atoms with Gasteiger partial charge in [0.1, 0.15) is 6.17 Å². The van der Waals surface area contributed by atoms with E-state index in [9.17, 15) is 13.2 Å². The number of aliphatic hydroxyl groups is 1. The smallest absolute Gasteiger partial charge is 0.392 e. The van der Waals surface area contributed by atoms with E-state index in [0.717, 1.165) is 6.07 Å². The minimum Gasteiger partial charge on any atom is -0.392 e. The van der Waals surface area contributed by atoms with Gasteiger partial charge in [0.15, 0.2) is 0 Å². The second-order valence-electron chi connectivity index (χ2n) is 3.80. The Labute approximate surface area is 104 Å². The fourth-order valence-electron chi connectivity index (χ4n) is 1.80. The molecular weight excluding hydrogens is 301 g/mol. The highest BCUT2D eigenvalue weighted by Gasteiger charge is 2.36. The number of anilines is 2. The Morgan fingerprint density at radius 3 is 2.65 bits per heavy atom. The SMILES string of the molecule is CN1c2cc(Br)c(C(F)(F)F)cc2NC1CO. The molecule has 1 heterocycles. The van der Waals surface area contributed by atoms with Crippen LogP contribution in [0.3, 0.4) is 0 Å². The van der Waals surface area contributed by atoms with Gasteiger partial charge in [0.25, 0.3) is 0 Å². The van der Waals surface area contributed by atoms with Gasteiger partial charge in [-0.05, 0) is 12.1 Å². The molecule has 17 heavy (non-hydrogen) atoms. The van der Waals surface area contributed by atoms with Gasteiger partial charge in [-0.2, -0.15) is 13.2 Å². The van der Waals surface area contributed by atoms with Crippen molar-refractivity contribution in [3.63, 3.8) is 0 Å². The van der Waals surface area contributed by atoms with Crippen LogP contribution >= 0.6 is 15.9 Å². The van der Waals surface area contributed by atoms with Crippen LogP contribution in [0.4, 0.5) is 24.5 Å². The number of halogens is 4. The van der Waals surface area contributed by atoms with Crippen molar-refractivity contribution < 1.29 is 18.3 Å². The number of likely N-dealkylation sites (N-methyl/N-ethyl adjacent to an activating group) is 1. The third-order valence-corrected chi connectivity index (χ3v) is 3.39. The standard InChI is InChI=1S/C10H10BrF3N2O/c1-16-8-3-6(11)5(10(12,13)14)2-7(8)15-9(16)4-17/h2-3,9,15,17H,4H2,1H3. The summed E-state index contributed by atoms with van der Waals surface area (Å²) in [5.74, 6) is 0. The first kappa shape index (κ1) is 12.5. The maximum atomic E-state index is 12.7. The molecule has 1 aliphatic rings. The van der Waals surface area contributed by atoms with Crippen LogP contribution in [0.1, 0.15) is 5.56 Å². The largest absolute Gasteiger partial charge is 0.417 e. The van der Waals surface area contributed by atoms with Crippen molar-refractivity contribution in [2.45, 2.75) is 12.3 Å². The lowest BCUT2D eigenvalue weighted by Crippen LogP contribution is -2.35. The lowest BCUT2D eigenvalue weighted by Gasteiger charge is -2.19. The summed E-state index contributed by atoms with van der Waals surface area (Å²) < 4.78 is 38.0. The quantitative estimate of drug-likeness (QED) is 0.837. The Morgan fingerprint density at radius 2 is 2.12 bits per heavy atom. The van der Waals surface area contributed by atoms with E-state index in [1.54, 1.807) is 11.9 Å². The van der Waals surface area contributed by atoms with E-state index in [-0.39, 0.29) is 17.2 Å². The van der Waals surface area contributed by atoms with Crippen LogP contribution in [-0.4, -0.2) is 24.9 Å². The number of hydrogen-bond donors (Lipinski definition) is 2. The van der Waals surface area contributed by atoms with Gasteiger partial charge in [0.05, 0.1) is 23.5 Å². The van der Waals surface area contributed by atoms with Crippen LogP contribution < -0.4 is 10.2 Å². The van der Waals surface area contributed by atoms with Crippen molar-refractivity contribution in [1.82, 2.24) is 0 Å².